The number of nitrogens with one attached hydrogen (secondary N) is 1. The van der Waals surface area contributed by atoms with Crippen LogP contribution in [0.2, 0.25) is 0 Å². The van der Waals surface area contributed by atoms with E-state index in [2.05, 4.69) is 20.0 Å². The molecule has 1 rings (SSSR count). The Morgan fingerprint density at radius 3 is 2.94 bits per heavy atom. The van der Waals surface area contributed by atoms with Crippen LogP contribution in [0.15, 0.2) is 6.20 Å². The molecule has 0 amide bonds. The number of aromatic nitrogens is 2. The molecule has 1 heterocycles. The highest BCUT2D eigenvalue weighted by molar-refractivity contribution is 6.99. The van der Waals surface area contributed by atoms with E-state index >= 15 is 0 Å². The molecule has 0 fully saturated rings. The van der Waals surface area contributed by atoms with E-state index in [0.29, 0.717) is 18.3 Å². The van der Waals surface area contributed by atoms with Gasteiger partial charge in [-0.15, -0.1) is 10.8 Å². The second-order valence-corrected chi connectivity index (χ2v) is 4.56. The van der Waals surface area contributed by atoms with Crippen molar-refractivity contribution in [3.8, 4) is 18.2 Å². The quantitative estimate of drug-likeness (QED) is 0.696. The smallest absolute Gasteiger partial charge is 0.245 e. The normalized spacial score (nSPS) is 14.3. The third-order valence-electron chi connectivity index (χ3n) is 2.18. The summed E-state index contributed by atoms with van der Waals surface area (Å²) in [6.45, 7) is 4.63. The molecule has 2 atom stereocenters. The van der Waals surface area contributed by atoms with E-state index in [0.717, 1.165) is 11.7 Å². The molecule has 0 saturated heterocycles. The minimum Gasteiger partial charge on any atom is -0.473 e. The maximum atomic E-state index is 9.67. The molecule has 0 aromatic carbocycles. The zero-order valence-electron chi connectivity index (χ0n) is 9.96. The zero-order chi connectivity index (χ0) is 12.7. The van der Waals surface area contributed by atoms with Gasteiger partial charge in [0.1, 0.15) is 18.9 Å². The van der Waals surface area contributed by atoms with Gasteiger partial charge in [-0.3, -0.25) is 0 Å². The third kappa shape index (κ3) is 5.13. The Labute approximate surface area is 106 Å². The number of rotatable bonds is 7. The van der Waals surface area contributed by atoms with Crippen molar-refractivity contribution in [3.63, 3.8) is 0 Å². The highest BCUT2D eigenvalue weighted by Gasteiger charge is 2.12. The van der Waals surface area contributed by atoms with E-state index < -0.39 is 6.10 Å². The first-order valence-corrected chi connectivity index (χ1v) is 6.14. The molecule has 0 bridgehead atoms. The average molecular weight is 255 g/mol. The molecule has 0 saturated carbocycles. The van der Waals surface area contributed by atoms with Crippen LogP contribution in [0, 0.1) is 18.3 Å². The van der Waals surface area contributed by atoms with Gasteiger partial charge in [0.2, 0.25) is 5.88 Å². The number of terminal acetylenes is 1. The first kappa shape index (κ1) is 13.9. The highest BCUT2D eigenvalue weighted by atomic mass is 32.1. The van der Waals surface area contributed by atoms with Crippen LogP contribution in [-0.2, 0) is 0 Å². The minimum atomic E-state index is -0.619. The third-order valence-corrected chi connectivity index (χ3v) is 2.65. The van der Waals surface area contributed by atoms with Crippen LogP contribution in [0.25, 0.3) is 0 Å². The van der Waals surface area contributed by atoms with Gasteiger partial charge in [0.15, 0.2) is 0 Å². The number of aliphatic hydroxyl groups excluding tert-OH is 1. The van der Waals surface area contributed by atoms with Gasteiger partial charge in [0.25, 0.3) is 0 Å². The van der Waals surface area contributed by atoms with E-state index in [1.54, 1.807) is 0 Å². The zero-order valence-corrected chi connectivity index (χ0v) is 10.8. The fourth-order valence-corrected chi connectivity index (χ4v) is 1.58. The molecule has 94 valence electrons. The van der Waals surface area contributed by atoms with Gasteiger partial charge in [-0.05, 0) is 5.92 Å². The topological polar surface area (TPSA) is 67.3 Å². The molecule has 0 aliphatic carbocycles. The number of hydrogen-bond donors (Lipinski definition) is 2. The minimum absolute atomic E-state index is 0.0365. The molecule has 1 aromatic rings. The molecule has 2 N–H and O–H groups in total. The monoisotopic (exact) mass is 255 g/mol. The Morgan fingerprint density at radius 2 is 2.41 bits per heavy atom. The van der Waals surface area contributed by atoms with E-state index in [1.807, 2.05) is 13.8 Å². The Bertz CT molecular complexity index is 348. The van der Waals surface area contributed by atoms with Crippen molar-refractivity contribution in [2.24, 2.45) is 5.92 Å². The summed E-state index contributed by atoms with van der Waals surface area (Å²) in [5, 5.41) is 12.8. The van der Waals surface area contributed by atoms with E-state index in [9.17, 15) is 5.11 Å². The number of ether oxygens (including phenoxy) is 1. The molecular formula is C11H17N3O2S. The van der Waals surface area contributed by atoms with Gasteiger partial charge < -0.3 is 15.2 Å². The van der Waals surface area contributed by atoms with Gasteiger partial charge >= 0.3 is 0 Å². The molecule has 5 nitrogen and oxygen atoms in total. The number of hydrogen-bond acceptors (Lipinski definition) is 6. The van der Waals surface area contributed by atoms with Crippen LogP contribution in [0.4, 0.5) is 0 Å². The molecule has 1 aromatic heterocycles. The molecule has 0 radical (unpaired) electrons. The van der Waals surface area contributed by atoms with Crippen molar-refractivity contribution in [2.45, 2.75) is 26.0 Å². The fourth-order valence-electron chi connectivity index (χ4n) is 1.21. The van der Waals surface area contributed by atoms with Crippen molar-refractivity contribution < 1.29 is 9.84 Å². The first-order chi connectivity index (χ1) is 8.13. The van der Waals surface area contributed by atoms with Gasteiger partial charge in [0.05, 0.1) is 17.8 Å². The van der Waals surface area contributed by atoms with Crippen LogP contribution in [0.5, 0.6) is 5.88 Å². The van der Waals surface area contributed by atoms with Gasteiger partial charge in [-0.2, -0.15) is 4.37 Å². The van der Waals surface area contributed by atoms with Crippen molar-refractivity contribution in [2.75, 3.05) is 13.2 Å². The van der Waals surface area contributed by atoms with Crippen molar-refractivity contribution in [1.82, 2.24) is 14.1 Å². The lowest BCUT2D eigenvalue weighted by Crippen LogP contribution is -2.39. The Hall–Kier alpha value is -1.16. The second kappa shape index (κ2) is 7.22. The standard InChI is InChI=1S/C11H17N3O2S/c1-4-10(8(2)3)12-5-9(15)7-16-11-6-13-17-14-11/h1,6,8-10,12,15H,5,7H2,2-3H3. The predicted molar refractivity (Wildman–Crippen MR) is 66.9 cm³/mol. The summed E-state index contributed by atoms with van der Waals surface area (Å²) >= 11 is 1.07. The van der Waals surface area contributed by atoms with Gasteiger partial charge in [0, 0.05) is 6.54 Å². The van der Waals surface area contributed by atoms with Crippen LogP contribution >= 0.6 is 11.7 Å². The molecule has 6 heteroatoms. The first-order valence-electron chi connectivity index (χ1n) is 5.41. The Kier molecular flexibility index (Phi) is 5.91. The maximum Gasteiger partial charge on any atom is 0.245 e. The van der Waals surface area contributed by atoms with Crippen molar-refractivity contribution >= 4 is 11.7 Å². The number of nitrogens with zero attached hydrogens (tertiary/aromatic N) is 2. The summed E-state index contributed by atoms with van der Waals surface area (Å²) in [5.74, 6) is 3.41. The van der Waals surface area contributed by atoms with E-state index in [1.165, 1.54) is 6.20 Å². The fraction of sp³-hybridized carbons (Fsp3) is 0.636. The van der Waals surface area contributed by atoms with E-state index in [-0.39, 0.29) is 12.6 Å². The van der Waals surface area contributed by atoms with Crippen LogP contribution in [0.3, 0.4) is 0 Å². The number of aliphatic hydroxyl groups is 1. The van der Waals surface area contributed by atoms with Gasteiger partial charge in [-0.1, -0.05) is 19.8 Å². The summed E-state index contributed by atoms with van der Waals surface area (Å²) in [4.78, 5) is 0. The van der Waals surface area contributed by atoms with Crippen molar-refractivity contribution in [3.05, 3.63) is 6.20 Å². The molecular weight excluding hydrogens is 238 g/mol. The lowest BCUT2D eigenvalue weighted by molar-refractivity contribution is 0.102. The summed E-state index contributed by atoms with van der Waals surface area (Å²) in [7, 11) is 0. The molecule has 0 aliphatic rings. The van der Waals surface area contributed by atoms with Gasteiger partial charge in [-0.25, -0.2) is 0 Å². The van der Waals surface area contributed by atoms with E-state index in [4.69, 9.17) is 11.2 Å². The maximum absolute atomic E-state index is 9.67. The largest absolute Gasteiger partial charge is 0.473 e. The van der Waals surface area contributed by atoms with Crippen LogP contribution in [0.1, 0.15) is 13.8 Å². The Balaban J connectivity index is 2.21. The predicted octanol–water partition coefficient (Wildman–Crippen LogP) is 0.525. The summed E-state index contributed by atoms with van der Waals surface area (Å²) in [6.07, 6.45) is 6.27. The average Bonchev–Trinajstić information content (AvgIpc) is 2.79. The Morgan fingerprint density at radius 1 is 1.65 bits per heavy atom. The van der Waals surface area contributed by atoms with Crippen molar-refractivity contribution in [1.29, 1.82) is 0 Å². The molecule has 0 spiro atoms. The van der Waals surface area contributed by atoms with Crippen LogP contribution in [-0.4, -0.2) is 39.2 Å². The highest BCUT2D eigenvalue weighted by Crippen LogP contribution is 2.05. The lowest BCUT2D eigenvalue weighted by atomic mass is 10.1. The summed E-state index contributed by atoms with van der Waals surface area (Å²) < 4.78 is 12.9. The summed E-state index contributed by atoms with van der Waals surface area (Å²) in [6, 6.07) is -0.0365. The molecule has 17 heavy (non-hydrogen) atoms. The van der Waals surface area contributed by atoms with Crippen LogP contribution < -0.4 is 10.1 Å². The lowest BCUT2D eigenvalue weighted by Gasteiger charge is -2.19. The summed E-state index contributed by atoms with van der Waals surface area (Å²) in [5.41, 5.74) is 0. The SMILES string of the molecule is C#CC(NCC(O)COc1cnsn1)C(C)C. The second-order valence-electron chi connectivity index (χ2n) is 4.01. The molecule has 0 aliphatic heterocycles. The molecule has 2 unspecified atom stereocenters.